The fourth-order valence-corrected chi connectivity index (χ4v) is 3.95. The Labute approximate surface area is 188 Å². The van der Waals surface area contributed by atoms with Gasteiger partial charge in [-0.25, -0.2) is 14.5 Å². The Morgan fingerprint density at radius 1 is 1.15 bits per heavy atom. The van der Waals surface area contributed by atoms with Crippen molar-refractivity contribution in [3.63, 3.8) is 0 Å². The number of para-hydroxylation sites is 1. The van der Waals surface area contributed by atoms with Crippen LogP contribution in [0.15, 0.2) is 70.2 Å². The number of hydrogen-bond acceptors (Lipinski definition) is 7. The fourth-order valence-electron chi connectivity index (χ4n) is 3.95. The van der Waals surface area contributed by atoms with Gasteiger partial charge in [-0.3, -0.25) is 4.79 Å². The third kappa shape index (κ3) is 4.40. The van der Waals surface area contributed by atoms with Crippen LogP contribution < -0.4 is 10.4 Å². The Morgan fingerprint density at radius 3 is 2.85 bits per heavy atom. The van der Waals surface area contributed by atoms with Crippen LogP contribution in [0.25, 0.3) is 17.1 Å². The van der Waals surface area contributed by atoms with Gasteiger partial charge in [-0.15, -0.1) is 0 Å². The van der Waals surface area contributed by atoms with Crippen LogP contribution in [0.5, 0.6) is 5.75 Å². The summed E-state index contributed by atoms with van der Waals surface area (Å²) >= 11 is 0. The molecular formula is C23H22N6O4. The Hall–Kier alpha value is -4.21. The average Bonchev–Trinajstić information content (AvgIpc) is 3.53. The fraction of sp³-hybridized carbons (Fsp3) is 0.261. The van der Waals surface area contributed by atoms with Gasteiger partial charge < -0.3 is 14.2 Å². The second-order valence-corrected chi connectivity index (χ2v) is 7.74. The molecule has 4 aromatic rings. The van der Waals surface area contributed by atoms with E-state index in [1.807, 2.05) is 36.4 Å². The molecule has 3 heterocycles. The molecule has 0 radical (unpaired) electrons. The Morgan fingerprint density at radius 2 is 2.03 bits per heavy atom. The number of piperidine rings is 1. The van der Waals surface area contributed by atoms with Gasteiger partial charge in [0.2, 0.25) is 0 Å². The van der Waals surface area contributed by atoms with Gasteiger partial charge in [0, 0.05) is 12.1 Å². The minimum absolute atomic E-state index is 0.0489. The van der Waals surface area contributed by atoms with E-state index < -0.39 is 0 Å². The number of benzene rings is 2. The van der Waals surface area contributed by atoms with E-state index in [2.05, 4.69) is 20.3 Å². The predicted octanol–water partition coefficient (Wildman–Crippen LogP) is 2.74. The first-order chi connectivity index (χ1) is 16.2. The van der Waals surface area contributed by atoms with Crippen molar-refractivity contribution in [1.29, 1.82) is 0 Å². The zero-order chi connectivity index (χ0) is 22.6. The van der Waals surface area contributed by atoms with Crippen molar-refractivity contribution < 1.29 is 14.1 Å². The number of nitrogens with one attached hydrogen (secondary N) is 1. The molecule has 1 N–H and O–H groups in total. The molecular weight excluding hydrogens is 424 g/mol. The van der Waals surface area contributed by atoms with E-state index in [1.54, 1.807) is 23.1 Å². The summed E-state index contributed by atoms with van der Waals surface area (Å²) in [5, 5.41) is 10.3. The Balaban J connectivity index is 1.34. The van der Waals surface area contributed by atoms with Crippen LogP contribution in [0, 0.1) is 0 Å². The highest BCUT2D eigenvalue weighted by atomic mass is 16.5. The van der Waals surface area contributed by atoms with Crippen molar-refractivity contribution in [2.75, 3.05) is 13.2 Å². The van der Waals surface area contributed by atoms with Crippen molar-refractivity contribution in [2.24, 2.45) is 0 Å². The van der Waals surface area contributed by atoms with E-state index >= 15 is 0 Å². The molecule has 168 valence electrons. The van der Waals surface area contributed by atoms with E-state index in [0.717, 1.165) is 19.3 Å². The summed E-state index contributed by atoms with van der Waals surface area (Å²) in [5.41, 5.74) is 0.950. The van der Waals surface area contributed by atoms with Crippen molar-refractivity contribution in [3.8, 4) is 22.9 Å². The Bertz CT molecular complexity index is 1300. The zero-order valence-corrected chi connectivity index (χ0v) is 17.8. The molecule has 2 aromatic heterocycles. The molecule has 33 heavy (non-hydrogen) atoms. The van der Waals surface area contributed by atoms with Crippen molar-refractivity contribution in [2.45, 2.75) is 25.3 Å². The average molecular weight is 446 g/mol. The van der Waals surface area contributed by atoms with Crippen molar-refractivity contribution >= 4 is 5.91 Å². The summed E-state index contributed by atoms with van der Waals surface area (Å²) in [6.45, 7) is 0.567. The molecule has 1 saturated heterocycles. The van der Waals surface area contributed by atoms with Gasteiger partial charge in [-0.2, -0.15) is 10.1 Å². The van der Waals surface area contributed by atoms with E-state index in [1.165, 1.54) is 10.9 Å². The number of likely N-dealkylation sites (tertiary alicyclic amines) is 1. The Kier molecular flexibility index (Phi) is 5.71. The third-order valence-electron chi connectivity index (χ3n) is 5.59. The van der Waals surface area contributed by atoms with E-state index in [9.17, 15) is 9.59 Å². The number of carbonyl (C=O) groups is 1. The number of aromatic amines is 1. The van der Waals surface area contributed by atoms with Gasteiger partial charge >= 0.3 is 5.69 Å². The number of amides is 1. The summed E-state index contributed by atoms with van der Waals surface area (Å²) in [6, 6.07) is 16.2. The second-order valence-electron chi connectivity index (χ2n) is 7.74. The molecule has 0 bridgehead atoms. The van der Waals surface area contributed by atoms with E-state index in [4.69, 9.17) is 9.26 Å². The van der Waals surface area contributed by atoms with Crippen LogP contribution in [0.2, 0.25) is 0 Å². The lowest BCUT2D eigenvalue weighted by Crippen LogP contribution is -2.41. The molecule has 1 atom stereocenters. The summed E-state index contributed by atoms with van der Waals surface area (Å²) in [5.74, 6) is 1.32. The van der Waals surface area contributed by atoms with Gasteiger partial charge in [0.15, 0.2) is 12.4 Å². The first-order valence-corrected chi connectivity index (χ1v) is 10.7. The molecule has 1 aliphatic heterocycles. The molecule has 10 nitrogen and oxygen atoms in total. The first kappa shape index (κ1) is 20.7. The second kappa shape index (κ2) is 9.11. The summed E-state index contributed by atoms with van der Waals surface area (Å²) in [4.78, 5) is 31.1. The third-order valence-corrected chi connectivity index (χ3v) is 5.59. The van der Waals surface area contributed by atoms with Gasteiger partial charge in [-0.05, 0) is 49.6 Å². The molecule has 1 fully saturated rings. The van der Waals surface area contributed by atoms with Gasteiger partial charge in [-0.1, -0.05) is 29.4 Å². The minimum atomic E-state index is -0.340. The number of carbonyl (C=O) groups excluding carboxylic acids is 1. The van der Waals surface area contributed by atoms with Crippen molar-refractivity contribution in [3.05, 3.63) is 77.2 Å². The molecule has 5 rings (SSSR count). The SMILES string of the molecule is O=C(COc1ccccc1)N1CCCC[C@@H]1c1noc(-c2cccc(-n3cn[nH]c3=O)c2)n1. The van der Waals surface area contributed by atoms with E-state index in [-0.39, 0.29) is 24.2 Å². The predicted molar refractivity (Wildman–Crippen MR) is 118 cm³/mol. The lowest BCUT2D eigenvalue weighted by molar-refractivity contribution is -0.137. The molecule has 0 spiro atoms. The standard InChI is InChI=1S/C23H22N6O4/c30-20(14-32-18-9-2-1-3-10-18)28-12-5-4-11-19(28)21-25-22(33-27-21)16-7-6-8-17(13-16)29-15-24-26-23(29)31/h1-3,6-10,13,15,19H,4-5,11-12,14H2,(H,26,31)/t19-/m1/s1. The summed E-state index contributed by atoms with van der Waals surface area (Å²) < 4.78 is 12.6. The van der Waals surface area contributed by atoms with E-state index in [0.29, 0.717) is 35.3 Å². The highest BCUT2D eigenvalue weighted by molar-refractivity contribution is 5.78. The van der Waals surface area contributed by atoms with Crippen LogP contribution in [0.4, 0.5) is 0 Å². The van der Waals surface area contributed by atoms with Crippen LogP contribution in [0.3, 0.4) is 0 Å². The van der Waals surface area contributed by atoms with Crippen LogP contribution in [-0.2, 0) is 4.79 Å². The highest BCUT2D eigenvalue weighted by Crippen LogP contribution is 2.31. The number of H-pyrrole nitrogens is 1. The number of aromatic nitrogens is 5. The normalized spacial score (nSPS) is 16.0. The number of nitrogens with zero attached hydrogens (tertiary/aromatic N) is 5. The van der Waals surface area contributed by atoms with Crippen molar-refractivity contribution in [1.82, 2.24) is 29.8 Å². The summed E-state index contributed by atoms with van der Waals surface area (Å²) in [7, 11) is 0. The van der Waals surface area contributed by atoms with Crippen LogP contribution in [0.1, 0.15) is 31.1 Å². The minimum Gasteiger partial charge on any atom is -0.484 e. The molecule has 10 heteroatoms. The number of rotatable bonds is 6. The molecule has 1 aliphatic rings. The topological polar surface area (TPSA) is 119 Å². The molecule has 0 saturated carbocycles. The number of ether oxygens (including phenoxy) is 1. The molecule has 0 aliphatic carbocycles. The summed E-state index contributed by atoms with van der Waals surface area (Å²) in [6.07, 6.45) is 4.04. The monoisotopic (exact) mass is 446 g/mol. The zero-order valence-electron chi connectivity index (χ0n) is 17.8. The molecule has 1 amide bonds. The van der Waals surface area contributed by atoms with Crippen LogP contribution in [-0.4, -0.2) is 48.9 Å². The maximum Gasteiger partial charge on any atom is 0.347 e. The maximum absolute atomic E-state index is 12.9. The largest absolute Gasteiger partial charge is 0.484 e. The number of hydrogen-bond donors (Lipinski definition) is 1. The maximum atomic E-state index is 12.9. The van der Waals surface area contributed by atoms with Crippen LogP contribution >= 0.6 is 0 Å². The highest BCUT2D eigenvalue weighted by Gasteiger charge is 2.32. The first-order valence-electron chi connectivity index (χ1n) is 10.7. The lowest BCUT2D eigenvalue weighted by Gasteiger charge is -2.33. The lowest BCUT2D eigenvalue weighted by atomic mass is 10.0. The van der Waals surface area contributed by atoms with Gasteiger partial charge in [0.05, 0.1) is 11.7 Å². The quantitative estimate of drug-likeness (QED) is 0.484. The molecule has 0 unspecified atom stereocenters. The smallest absolute Gasteiger partial charge is 0.347 e. The molecule has 2 aromatic carbocycles. The van der Waals surface area contributed by atoms with Gasteiger partial charge in [0.25, 0.3) is 11.8 Å². The van der Waals surface area contributed by atoms with Gasteiger partial charge in [0.1, 0.15) is 12.1 Å².